The number of aromatic nitrogens is 2. The lowest BCUT2D eigenvalue weighted by molar-refractivity contribution is -0.384. The second-order valence-electron chi connectivity index (χ2n) is 5.65. The van der Waals surface area contributed by atoms with Crippen molar-refractivity contribution < 1.29 is 18.1 Å². The van der Waals surface area contributed by atoms with Gasteiger partial charge in [-0.2, -0.15) is 13.2 Å². The average molecular weight is 374 g/mol. The van der Waals surface area contributed by atoms with E-state index in [0.29, 0.717) is 16.9 Å². The second-order valence-corrected chi connectivity index (χ2v) is 5.65. The highest BCUT2D eigenvalue weighted by atomic mass is 19.4. The Labute approximate surface area is 152 Å². The van der Waals surface area contributed by atoms with Crippen LogP contribution in [0, 0.1) is 10.1 Å². The Morgan fingerprint density at radius 3 is 2.04 bits per heavy atom. The molecule has 0 aliphatic carbocycles. The molecule has 0 fully saturated rings. The van der Waals surface area contributed by atoms with Gasteiger partial charge in [0.2, 0.25) is 0 Å². The number of benzene rings is 2. The number of anilines is 2. The number of hydrogen-bond acceptors (Lipinski definition) is 5. The molecule has 0 saturated heterocycles. The first kappa shape index (κ1) is 18.3. The molecular formula is C18H13F3N4O2. The van der Waals surface area contributed by atoms with Crippen molar-refractivity contribution in [1.29, 1.82) is 0 Å². The SMILES string of the molecule is O=[N+]([O-])c1ccc(N(Cc2ccc(C(F)(F)F)cc2)c2cncnc2)cc1. The number of hydrogen-bond donors (Lipinski definition) is 0. The van der Waals surface area contributed by atoms with E-state index in [2.05, 4.69) is 9.97 Å². The predicted molar refractivity (Wildman–Crippen MR) is 92.4 cm³/mol. The lowest BCUT2D eigenvalue weighted by atomic mass is 10.1. The van der Waals surface area contributed by atoms with Gasteiger partial charge >= 0.3 is 6.18 Å². The highest BCUT2D eigenvalue weighted by Gasteiger charge is 2.30. The van der Waals surface area contributed by atoms with Crippen LogP contribution in [0.2, 0.25) is 0 Å². The van der Waals surface area contributed by atoms with E-state index in [4.69, 9.17) is 0 Å². The first-order valence-electron chi connectivity index (χ1n) is 7.78. The number of nitro groups is 1. The van der Waals surface area contributed by atoms with Crippen LogP contribution in [0.1, 0.15) is 11.1 Å². The van der Waals surface area contributed by atoms with Crippen LogP contribution in [-0.4, -0.2) is 14.9 Å². The van der Waals surface area contributed by atoms with Gasteiger partial charge in [0.25, 0.3) is 5.69 Å². The fraction of sp³-hybridized carbons (Fsp3) is 0.111. The molecule has 6 nitrogen and oxygen atoms in total. The number of non-ortho nitro benzene ring substituents is 1. The normalized spacial score (nSPS) is 11.2. The molecule has 27 heavy (non-hydrogen) atoms. The van der Waals surface area contributed by atoms with Gasteiger partial charge in [-0.15, -0.1) is 0 Å². The first-order valence-corrected chi connectivity index (χ1v) is 7.78. The molecule has 0 aliphatic rings. The van der Waals surface area contributed by atoms with Crippen LogP contribution in [0.4, 0.5) is 30.2 Å². The third-order valence-corrected chi connectivity index (χ3v) is 3.85. The number of nitro benzene ring substituents is 1. The van der Waals surface area contributed by atoms with E-state index >= 15 is 0 Å². The first-order chi connectivity index (χ1) is 12.8. The smallest absolute Gasteiger partial charge is 0.334 e. The van der Waals surface area contributed by atoms with Crippen LogP contribution in [0.15, 0.2) is 67.3 Å². The molecule has 3 rings (SSSR count). The van der Waals surface area contributed by atoms with Crippen molar-refractivity contribution in [3.63, 3.8) is 0 Å². The fourth-order valence-electron chi connectivity index (χ4n) is 2.50. The minimum absolute atomic E-state index is 0.0578. The van der Waals surface area contributed by atoms with E-state index in [-0.39, 0.29) is 12.2 Å². The summed E-state index contributed by atoms with van der Waals surface area (Å²) in [5.74, 6) is 0. The maximum absolute atomic E-state index is 12.7. The van der Waals surface area contributed by atoms with Crippen LogP contribution < -0.4 is 4.90 Å². The van der Waals surface area contributed by atoms with Crippen molar-refractivity contribution in [1.82, 2.24) is 9.97 Å². The zero-order valence-electron chi connectivity index (χ0n) is 13.8. The Kier molecular flexibility index (Phi) is 5.02. The van der Waals surface area contributed by atoms with Crippen molar-refractivity contribution in [3.05, 3.63) is 88.5 Å². The van der Waals surface area contributed by atoms with Gasteiger partial charge in [-0.1, -0.05) is 12.1 Å². The Morgan fingerprint density at radius 1 is 0.926 bits per heavy atom. The summed E-state index contributed by atoms with van der Waals surface area (Å²) in [7, 11) is 0. The molecule has 0 aliphatic heterocycles. The number of alkyl halides is 3. The lowest BCUT2D eigenvalue weighted by Crippen LogP contribution is -2.17. The van der Waals surface area contributed by atoms with Gasteiger partial charge in [0, 0.05) is 24.4 Å². The minimum Gasteiger partial charge on any atom is -0.334 e. The van der Waals surface area contributed by atoms with Crippen LogP contribution in [0.25, 0.3) is 0 Å². The molecule has 3 aromatic rings. The molecule has 2 aromatic carbocycles. The van der Waals surface area contributed by atoms with Gasteiger partial charge in [0.1, 0.15) is 6.33 Å². The van der Waals surface area contributed by atoms with E-state index in [0.717, 1.165) is 12.1 Å². The lowest BCUT2D eigenvalue weighted by Gasteiger charge is -2.24. The van der Waals surface area contributed by atoms with Crippen molar-refractivity contribution in [2.75, 3.05) is 4.90 Å². The van der Waals surface area contributed by atoms with E-state index < -0.39 is 16.7 Å². The summed E-state index contributed by atoms with van der Waals surface area (Å²) in [4.78, 5) is 20.0. The van der Waals surface area contributed by atoms with Gasteiger partial charge in [0.05, 0.1) is 28.6 Å². The van der Waals surface area contributed by atoms with E-state index in [1.165, 1.54) is 30.6 Å². The second kappa shape index (κ2) is 7.40. The zero-order chi connectivity index (χ0) is 19.4. The van der Waals surface area contributed by atoms with Crippen LogP contribution in [0.3, 0.4) is 0 Å². The molecule has 0 N–H and O–H groups in total. The van der Waals surface area contributed by atoms with E-state index in [1.54, 1.807) is 29.4 Å². The van der Waals surface area contributed by atoms with Crippen molar-refractivity contribution in [3.8, 4) is 0 Å². The van der Waals surface area contributed by atoms with Crippen LogP contribution in [0.5, 0.6) is 0 Å². The largest absolute Gasteiger partial charge is 0.416 e. The molecule has 0 spiro atoms. The molecule has 0 radical (unpaired) electrons. The third-order valence-electron chi connectivity index (χ3n) is 3.85. The van der Waals surface area contributed by atoms with E-state index in [9.17, 15) is 23.3 Å². The summed E-state index contributed by atoms with van der Waals surface area (Å²) in [5.41, 5.74) is 1.07. The Balaban J connectivity index is 1.92. The van der Waals surface area contributed by atoms with Crippen LogP contribution >= 0.6 is 0 Å². The third kappa shape index (κ3) is 4.38. The maximum atomic E-state index is 12.7. The van der Waals surface area contributed by atoms with Crippen molar-refractivity contribution >= 4 is 17.1 Å². The van der Waals surface area contributed by atoms with Gasteiger partial charge < -0.3 is 4.90 Å². The molecular weight excluding hydrogens is 361 g/mol. The predicted octanol–water partition coefficient (Wildman–Crippen LogP) is 4.74. The highest BCUT2D eigenvalue weighted by molar-refractivity contribution is 5.63. The highest BCUT2D eigenvalue weighted by Crippen LogP contribution is 2.31. The summed E-state index contributed by atoms with van der Waals surface area (Å²) in [5, 5.41) is 10.8. The fourth-order valence-corrected chi connectivity index (χ4v) is 2.50. The van der Waals surface area contributed by atoms with Crippen molar-refractivity contribution in [2.24, 2.45) is 0 Å². The molecule has 0 bridgehead atoms. The number of halogens is 3. The molecule has 0 saturated carbocycles. The van der Waals surface area contributed by atoms with Gasteiger partial charge in [-0.25, -0.2) is 9.97 Å². The van der Waals surface area contributed by atoms with Gasteiger partial charge in [-0.05, 0) is 29.8 Å². The Hall–Kier alpha value is -3.49. The molecule has 0 amide bonds. The molecule has 9 heteroatoms. The molecule has 138 valence electrons. The standard InChI is InChI=1S/C18H13F3N4O2/c19-18(20,21)14-3-1-13(2-4-14)11-24(17-9-22-12-23-10-17)15-5-7-16(8-6-15)25(26)27/h1-10,12H,11H2. The topological polar surface area (TPSA) is 72.2 Å². The molecule has 1 heterocycles. The molecule has 0 unspecified atom stereocenters. The van der Waals surface area contributed by atoms with E-state index in [1.807, 2.05) is 0 Å². The zero-order valence-corrected chi connectivity index (χ0v) is 13.8. The summed E-state index contributed by atoms with van der Waals surface area (Å²) in [6.45, 7) is 0.239. The number of nitrogens with zero attached hydrogens (tertiary/aromatic N) is 4. The Morgan fingerprint density at radius 2 is 1.52 bits per heavy atom. The minimum atomic E-state index is -4.40. The van der Waals surface area contributed by atoms with Gasteiger partial charge in [0.15, 0.2) is 0 Å². The summed E-state index contributed by atoms with van der Waals surface area (Å²) in [6, 6.07) is 10.7. The quantitative estimate of drug-likeness (QED) is 0.476. The van der Waals surface area contributed by atoms with Crippen molar-refractivity contribution in [2.45, 2.75) is 12.7 Å². The monoisotopic (exact) mass is 374 g/mol. The summed E-state index contributed by atoms with van der Waals surface area (Å²) >= 11 is 0. The molecule has 0 atom stereocenters. The summed E-state index contributed by atoms with van der Waals surface area (Å²) < 4.78 is 38.2. The van der Waals surface area contributed by atoms with Crippen LogP contribution in [-0.2, 0) is 12.7 Å². The average Bonchev–Trinajstić information content (AvgIpc) is 2.66. The maximum Gasteiger partial charge on any atom is 0.416 e. The van der Waals surface area contributed by atoms with Gasteiger partial charge in [-0.3, -0.25) is 10.1 Å². The number of rotatable bonds is 5. The summed E-state index contributed by atoms with van der Waals surface area (Å²) in [6.07, 6.45) is 0.0660. The Bertz CT molecular complexity index is 914. The molecule has 1 aromatic heterocycles.